The van der Waals surface area contributed by atoms with Gasteiger partial charge in [-0.3, -0.25) is 4.79 Å². The van der Waals surface area contributed by atoms with Crippen molar-refractivity contribution in [3.8, 4) is 0 Å². The highest BCUT2D eigenvalue weighted by atomic mass is 32.2. The molecule has 21 heavy (non-hydrogen) atoms. The summed E-state index contributed by atoms with van der Waals surface area (Å²) < 4.78 is 2.14. The zero-order chi connectivity index (χ0) is 15.2. The summed E-state index contributed by atoms with van der Waals surface area (Å²) in [5, 5.41) is 9.59. The van der Waals surface area contributed by atoms with Crippen LogP contribution in [0.5, 0.6) is 0 Å². The Bertz CT molecular complexity index is 596. The Morgan fingerprint density at radius 2 is 2.10 bits per heavy atom. The average molecular weight is 304 g/mol. The minimum Gasteiger partial charge on any atom is -0.481 e. The van der Waals surface area contributed by atoms with E-state index in [9.17, 15) is 4.79 Å². The van der Waals surface area contributed by atoms with Gasteiger partial charge in [-0.1, -0.05) is 42.1 Å². The van der Waals surface area contributed by atoms with Crippen LogP contribution in [0.2, 0.25) is 0 Å². The summed E-state index contributed by atoms with van der Waals surface area (Å²) in [6.45, 7) is 4.17. The zero-order valence-corrected chi connectivity index (χ0v) is 13.1. The first-order valence-electron chi connectivity index (χ1n) is 7.00. The van der Waals surface area contributed by atoms with Crippen LogP contribution in [0.1, 0.15) is 30.6 Å². The Morgan fingerprint density at radius 1 is 1.38 bits per heavy atom. The monoisotopic (exact) mass is 304 g/mol. The highest BCUT2D eigenvalue weighted by molar-refractivity contribution is 7.99. The van der Waals surface area contributed by atoms with E-state index in [1.165, 1.54) is 17.3 Å². The first-order chi connectivity index (χ1) is 10.1. The number of hydrogen-bond donors (Lipinski definition) is 1. The number of rotatable bonds is 7. The van der Waals surface area contributed by atoms with Gasteiger partial charge in [0.15, 0.2) is 5.16 Å². The van der Waals surface area contributed by atoms with Crippen LogP contribution in [0, 0.1) is 6.92 Å². The molecule has 1 N–H and O–H groups in total. The Kier molecular flexibility index (Phi) is 5.44. The van der Waals surface area contributed by atoms with Crippen molar-refractivity contribution in [2.45, 2.75) is 37.9 Å². The van der Waals surface area contributed by atoms with Gasteiger partial charge in [0.25, 0.3) is 0 Å². The van der Waals surface area contributed by atoms with E-state index in [1.807, 2.05) is 19.2 Å². The SMILES string of the molecule is Cc1cnc(SCC(=O)O)n1C(C)CCc1ccccc1. The fourth-order valence-electron chi connectivity index (χ4n) is 2.34. The predicted octanol–water partition coefficient (Wildman–Crippen LogP) is 3.56. The van der Waals surface area contributed by atoms with E-state index < -0.39 is 5.97 Å². The number of aromatic nitrogens is 2. The fourth-order valence-corrected chi connectivity index (χ4v) is 3.19. The molecular weight excluding hydrogens is 284 g/mol. The van der Waals surface area contributed by atoms with Crippen LogP contribution in [-0.2, 0) is 11.2 Å². The molecule has 112 valence electrons. The van der Waals surface area contributed by atoms with E-state index in [0.717, 1.165) is 23.7 Å². The van der Waals surface area contributed by atoms with Gasteiger partial charge >= 0.3 is 5.97 Å². The molecule has 0 aliphatic heterocycles. The van der Waals surface area contributed by atoms with Crippen molar-refractivity contribution in [3.63, 3.8) is 0 Å². The minimum absolute atomic E-state index is 0.0435. The second-order valence-corrected chi connectivity index (χ2v) is 6.05. The number of aryl methyl sites for hydroxylation is 2. The molecule has 2 rings (SSSR count). The van der Waals surface area contributed by atoms with Crippen LogP contribution in [0.3, 0.4) is 0 Å². The molecule has 1 aromatic heterocycles. The van der Waals surface area contributed by atoms with E-state index >= 15 is 0 Å². The summed E-state index contributed by atoms with van der Waals surface area (Å²) in [6.07, 6.45) is 3.81. The number of carboxylic acid groups (broad SMARTS) is 1. The highest BCUT2D eigenvalue weighted by Crippen LogP contribution is 2.25. The third-order valence-corrected chi connectivity index (χ3v) is 4.36. The number of nitrogens with zero attached hydrogens (tertiary/aromatic N) is 2. The molecule has 0 saturated carbocycles. The number of imidazole rings is 1. The van der Waals surface area contributed by atoms with Gasteiger partial charge in [0.2, 0.25) is 0 Å². The van der Waals surface area contributed by atoms with Gasteiger partial charge in [-0.05, 0) is 32.3 Å². The van der Waals surface area contributed by atoms with Gasteiger partial charge in [0.1, 0.15) is 0 Å². The molecule has 0 aliphatic carbocycles. The first kappa shape index (κ1) is 15.6. The van der Waals surface area contributed by atoms with Crippen molar-refractivity contribution in [2.24, 2.45) is 0 Å². The van der Waals surface area contributed by atoms with Gasteiger partial charge in [-0.2, -0.15) is 0 Å². The number of carbonyl (C=O) groups is 1. The number of benzene rings is 1. The van der Waals surface area contributed by atoms with Crippen molar-refractivity contribution >= 4 is 17.7 Å². The Labute approximate surface area is 129 Å². The van der Waals surface area contributed by atoms with Gasteiger partial charge in [0, 0.05) is 17.9 Å². The van der Waals surface area contributed by atoms with Crippen LogP contribution in [0.4, 0.5) is 0 Å². The Balaban J connectivity index is 2.02. The maximum absolute atomic E-state index is 10.7. The van der Waals surface area contributed by atoms with Crippen molar-refractivity contribution in [3.05, 3.63) is 47.8 Å². The van der Waals surface area contributed by atoms with E-state index in [1.54, 1.807) is 0 Å². The molecule has 0 radical (unpaired) electrons. The molecule has 0 fully saturated rings. The third kappa shape index (κ3) is 4.36. The highest BCUT2D eigenvalue weighted by Gasteiger charge is 2.15. The van der Waals surface area contributed by atoms with Crippen molar-refractivity contribution in [1.82, 2.24) is 9.55 Å². The molecule has 0 spiro atoms. The summed E-state index contributed by atoms with van der Waals surface area (Å²) >= 11 is 1.28. The molecule has 1 unspecified atom stereocenters. The molecule has 0 bridgehead atoms. The van der Waals surface area contributed by atoms with Gasteiger partial charge in [-0.25, -0.2) is 4.98 Å². The molecule has 0 saturated heterocycles. The second-order valence-electron chi connectivity index (χ2n) is 5.11. The van der Waals surface area contributed by atoms with Crippen molar-refractivity contribution in [1.29, 1.82) is 0 Å². The van der Waals surface area contributed by atoms with E-state index in [2.05, 4.69) is 40.7 Å². The number of hydrogen-bond acceptors (Lipinski definition) is 3. The van der Waals surface area contributed by atoms with Crippen LogP contribution in [0.25, 0.3) is 0 Å². The standard InChI is InChI=1S/C16H20N2O2S/c1-12(8-9-14-6-4-3-5-7-14)18-13(2)10-17-16(18)21-11-15(19)20/h3-7,10,12H,8-9,11H2,1-2H3,(H,19,20). The van der Waals surface area contributed by atoms with Crippen LogP contribution >= 0.6 is 11.8 Å². The average Bonchev–Trinajstić information content (AvgIpc) is 2.85. The smallest absolute Gasteiger partial charge is 0.313 e. The first-order valence-corrected chi connectivity index (χ1v) is 7.99. The summed E-state index contributed by atoms with van der Waals surface area (Å²) in [7, 11) is 0. The normalized spacial score (nSPS) is 12.3. The molecule has 1 atom stereocenters. The Morgan fingerprint density at radius 3 is 2.76 bits per heavy atom. The molecular formula is C16H20N2O2S. The van der Waals surface area contributed by atoms with Gasteiger partial charge in [-0.15, -0.1) is 0 Å². The lowest BCUT2D eigenvalue weighted by atomic mass is 10.1. The predicted molar refractivity (Wildman–Crippen MR) is 84.8 cm³/mol. The largest absolute Gasteiger partial charge is 0.481 e. The van der Waals surface area contributed by atoms with Crippen LogP contribution in [-0.4, -0.2) is 26.4 Å². The van der Waals surface area contributed by atoms with E-state index in [0.29, 0.717) is 6.04 Å². The number of carboxylic acids is 1. The molecule has 0 amide bonds. The second kappa shape index (κ2) is 7.31. The summed E-state index contributed by atoms with van der Waals surface area (Å²) in [5.41, 5.74) is 2.39. The van der Waals surface area contributed by atoms with E-state index in [-0.39, 0.29) is 5.75 Å². The minimum atomic E-state index is -0.816. The lowest BCUT2D eigenvalue weighted by Crippen LogP contribution is -2.10. The molecule has 4 nitrogen and oxygen atoms in total. The lowest BCUT2D eigenvalue weighted by Gasteiger charge is -2.18. The maximum Gasteiger partial charge on any atom is 0.313 e. The van der Waals surface area contributed by atoms with Gasteiger partial charge < -0.3 is 9.67 Å². The molecule has 0 aliphatic rings. The maximum atomic E-state index is 10.7. The molecule has 1 aromatic carbocycles. The third-order valence-electron chi connectivity index (χ3n) is 3.41. The zero-order valence-electron chi connectivity index (χ0n) is 12.3. The molecule has 2 aromatic rings. The van der Waals surface area contributed by atoms with Gasteiger partial charge in [0.05, 0.1) is 5.75 Å². The summed E-state index contributed by atoms with van der Waals surface area (Å²) in [6, 6.07) is 10.7. The molecule has 1 heterocycles. The Hall–Kier alpha value is -1.75. The molecule has 5 heteroatoms. The number of aliphatic carboxylic acids is 1. The van der Waals surface area contributed by atoms with Crippen molar-refractivity contribution in [2.75, 3.05) is 5.75 Å². The summed E-state index contributed by atoms with van der Waals surface area (Å²) in [5.74, 6) is -0.772. The quantitative estimate of drug-likeness (QED) is 0.795. The van der Waals surface area contributed by atoms with Crippen LogP contribution in [0.15, 0.2) is 41.7 Å². The van der Waals surface area contributed by atoms with Crippen LogP contribution < -0.4 is 0 Å². The van der Waals surface area contributed by atoms with E-state index in [4.69, 9.17) is 5.11 Å². The topological polar surface area (TPSA) is 55.1 Å². The van der Waals surface area contributed by atoms with Crippen molar-refractivity contribution < 1.29 is 9.90 Å². The lowest BCUT2D eigenvalue weighted by molar-refractivity contribution is -0.133. The number of thioether (sulfide) groups is 1. The summed E-state index contributed by atoms with van der Waals surface area (Å²) in [4.78, 5) is 15.0. The fraction of sp³-hybridized carbons (Fsp3) is 0.375.